The van der Waals surface area contributed by atoms with Gasteiger partial charge in [-0.05, 0) is 24.5 Å². The van der Waals surface area contributed by atoms with Gasteiger partial charge in [0.1, 0.15) is 0 Å². The lowest BCUT2D eigenvalue weighted by molar-refractivity contribution is 0.163. The maximum absolute atomic E-state index is 9.60. The molecule has 0 aliphatic heterocycles. The maximum atomic E-state index is 9.60. The van der Waals surface area contributed by atoms with E-state index in [4.69, 9.17) is 0 Å². The van der Waals surface area contributed by atoms with Gasteiger partial charge in [0.2, 0.25) is 0 Å². The zero-order valence-electron chi connectivity index (χ0n) is 11.4. The molecule has 0 aromatic heterocycles. The molecule has 0 atom stereocenters. The Hall–Kier alpha value is -1.06. The molecular formula is C15H24N2O. The minimum atomic E-state index is -0.0422. The topological polar surface area (TPSA) is 35.5 Å². The Morgan fingerprint density at radius 1 is 1.22 bits per heavy atom. The van der Waals surface area contributed by atoms with Crippen LogP contribution in [0.2, 0.25) is 0 Å². The first-order chi connectivity index (χ1) is 8.67. The van der Waals surface area contributed by atoms with Crippen LogP contribution in [0.15, 0.2) is 24.3 Å². The van der Waals surface area contributed by atoms with E-state index < -0.39 is 0 Å². The number of nitrogens with one attached hydrogen (secondary N) is 1. The SMILES string of the molecule is CN(C)c1ccccc1CNC1(CO)CCCC1. The van der Waals surface area contributed by atoms with Gasteiger partial charge < -0.3 is 15.3 Å². The van der Waals surface area contributed by atoms with Crippen molar-refractivity contribution in [2.24, 2.45) is 0 Å². The molecule has 0 saturated heterocycles. The summed E-state index contributed by atoms with van der Waals surface area (Å²) in [5.74, 6) is 0. The lowest BCUT2D eigenvalue weighted by Gasteiger charge is -2.29. The van der Waals surface area contributed by atoms with Crippen molar-refractivity contribution in [3.63, 3.8) is 0 Å². The number of aliphatic hydroxyl groups is 1. The van der Waals surface area contributed by atoms with Crippen LogP contribution in [0.1, 0.15) is 31.2 Å². The lowest BCUT2D eigenvalue weighted by Crippen LogP contribution is -2.45. The number of anilines is 1. The fourth-order valence-electron chi connectivity index (χ4n) is 2.82. The number of nitrogens with zero attached hydrogens (tertiary/aromatic N) is 1. The highest BCUT2D eigenvalue weighted by atomic mass is 16.3. The van der Waals surface area contributed by atoms with E-state index in [1.54, 1.807) is 0 Å². The molecular weight excluding hydrogens is 224 g/mol. The van der Waals surface area contributed by atoms with Crippen LogP contribution in [0.3, 0.4) is 0 Å². The second kappa shape index (κ2) is 5.72. The van der Waals surface area contributed by atoms with E-state index in [9.17, 15) is 5.11 Å². The van der Waals surface area contributed by atoms with Crippen LogP contribution in [0.25, 0.3) is 0 Å². The summed E-state index contributed by atoms with van der Waals surface area (Å²) in [5, 5.41) is 13.2. The molecule has 18 heavy (non-hydrogen) atoms. The summed E-state index contributed by atoms with van der Waals surface area (Å²) < 4.78 is 0. The zero-order chi connectivity index (χ0) is 13.0. The van der Waals surface area contributed by atoms with Gasteiger partial charge in [0.15, 0.2) is 0 Å². The van der Waals surface area contributed by atoms with Crippen molar-refractivity contribution in [1.82, 2.24) is 5.32 Å². The summed E-state index contributed by atoms with van der Waals surface area (Å²) in [7, 11) is 4.13. The summed E-state index contributed by atoms with van der Waals surface area (Å²) in [4.78, 5) is 2.14. The summed E-state index contributed by atoms with van der Waals surface area (Å²) in [5.41, 5.74) is 2.50. The van der Waals surface area contributed by atoms with Gasteiger partial charge in [0.25, 0.3) is 0 Å². The molecule has 100 valence electrons. The minimum Gasteiger partial charge on any atom is -0.394 e. The van der Waals surface area contributed by atoms with Crippen LogP contribution in [0.4, 0.5) is 5.69 Å². The molecule has 0 spiro atoms. The molecule has 3 nitrogen and oxygen atoms in total. The molecule has 0 heterocycles. The van der Waals surface area contributed by atoms with Crippen LogP contribution in [0, 0.1) is 0 Å². The van der Waals surface area contributed by atoms with Gasteiger partial charge in [-0.1, -0.05) is 31.0 Å². The van der Waals surface area contributed by atoms with Crippen LogP contribution in [-0.4, -0.2) is 31.3 Å². The van der Waals surface area contributed by atoms with Gasteiger partial charge in [-0.25, -0.2) is 0 Å². The van der Waals surface area contributed by atoms with E-state index in [2.05, 4.69) is 48.6 Å². The molecule has 1 saturated carbocycles. The van der Waals surface area contributed by atoms with E-state index in [0.29, 0.717) is 0 Å². The number of benzene rings is 1. The predicted octanol–water partition coefficient (Wildman–Crippen LogP) is 2.15. The van der Waals surface area contributed by atoms with Crippen molar-refractivity contribution >= 4 is 5.69 Å². The van der Waals surface area contributed by atoms with Crippen molar-refractivity contribution in [2.45, 2.75) is 37.8 Å². The number of hydrogen-bond acceptors (Lipinski definition) is 3. The normalized spacial score (nSPS) is 17.9. The van der Waals surface area contributed by atoms with E-state index >= 15 is 0 Å². The Balaban J connectivity index is 2.05. The first kappa shape index (κ1) is 13.4. The quantitative estimate of drug-likeness (QED) is 0.838. The van der Waals surface area contributed by atoms with E-state index in [-0.39, 0.29) is 12.1 Å². The number of aliphatic hydroxyl groups excluding tert-OH is 1. The van der Waals surface area contributed by atoms with Crippen LogP contribution >= 0.6 is 0 Å². The Morgan fingerprint density at radius 2 is 1.89 bits per heavy atom. The monoisotopic (exact) mass is 248 g/mol. The van der Waals surface area contributed by atoms with Crippen LogP contribution in [0.5, 0.6) is 0 Å². The van der Waals surface area contributed by atoms with Gasteiger partial charge >= 0.3 is 0 Å². The molecule has 1 aliphatic carbocycles. The lowest BCUT2D eigenvalue weighted by atomic mass is 9.98. The standard InChI is InChI=1S/C15H24N2O/c1-17(2)14-8-4-3-7-13(14)11-16-15(12-18)9-5-6-10-15/h3-4,7-8,16,18H,5-6,9-12H2,1-2H3. The molecule has 2 N–H and O–H groups in total. The number of rotatable bonds is 5. The molecule has 0 amide bonds. The third-order valence-electron chi connectivity index (χ3n) is 3.99. The average molecular weight is 248 g/mol. The molecule has 1 aliphatic rings. The highest BCUT2D eigenvalue weighted by Crippen LogP contribution is 2.30. The molecule has 1 fully saturated rings. The Bertz CT molecular complexity index is 384. The van der Waals surface area contributed by atoms with E-state index in [0.717, 1.165) is 19.4 Å². The molecule has 0 bridgehead atoms. The highest BCUT2D eigenvalue weighted by molar-refractivity contribution is 5.52. The molecule has 1 aromatic rings. The molecule has 3 heteroatoms. The summed E-state index contributed by atoms with van der Waals surface area (Å²) in [6.45, 7) is 1.08. The fraction of sp³-hybridized carbons (Fsp3) is 0.600. The van der Waals surface area contributed by atoms with Crippen molar-refractivity contribution in [2.75, 3.05) is 25.6 Å². The summed E-state index contributed by atoms with van der Waals surface area (Å²) in [6.07, 6.45) is 4.63. The van der Waals surface area contributed by atoms with Crippen molar-refractivity contribution in [3.05, 3.63) is 29.8 Å². The summed E-state index contributed by atoms with van der Waals surface area (Å²) in [6, 6.07) is 8.43. The molecule has 0 radical (unpaired) electrons. The van der Waals surface area contributed by atoms with Gasteiger partial charge in [0.05, 0.1) is 6.61 Å². The Kier molecular flexibility index (Phi) is 4.25. The van der Waals surface area contributed by atoms with Crippen molar-refractivity contribution in [1.29, 1.82) is 0 Å². The largest absolute Gasteiger partial charge is 0.394 e. The van der Waals surface area contributed by atoms with Gasteiger partial charge in [0, 0.05) is 31.9 Å². The second-order valence-electron chi connectivity index (χ2n) is 5.52. The summed E-state index contributed by atoms with van der Waals surface area (Å²) >= 11 is 0. The maximum Gasteiger partial charge on any atom is 0.0613 e. The van der Waals surface area contributed by atoms with E-state index in [1.165, 1.54) is 24.1 Å². The molecule has 1 aromatic carbocycles. The van der Waals surface area contributed by atoms with E-state index in [1.807, 2.05) is 0 Å². The van der Waals surface area contributed by atoms with Crippen LogP contribution < -0.4 is 10.2 Å². The first-order valence-electron chi connectivity index (χ1n) is 6.78. The second-order valence-corrected chi connectivity index (χ2v) is 5.52. The highest BCUT2D eigenvalue weighted by Gasteiger charge is 2.32. The fourth-order valence-corrected chi connectivity index (χ4v) is 2.82. The smallest absolute Gasteiger partial charge is 0.0613 e. The van der Waals surface area contributed by atoms with Gasteiger partial charge in [-0.2, -0.15) is 0 Å². The van der Waals surface area contributed by atoms with Crippen molar-refractivity contribution < 1.29 is 5.11 Å². The first-order valence-corrected chi connectivity index (χ1v) is 6.78. The molecule has 0 unspecified atom stereocenters. The van der Waals surface area contributed by atoms with Crippen LogP contribution in [-0.2, 0) is 6.54 Å². The predicted molar refractivity (Wildman–Crippen MR) is 75.9 cm³/mol. The Labute approximate surface area is 110 Å². The third-order valence-corrected chi connectivity index (χ3v) is 3.99. The zero-order valence-corrected chi connectivity index (χ0v) is 11.4. The average Bonchev–Trinajstić information content (AvgIpc) is 2.86. The van der Waals surface area contributed by atoms with Gasteiger partial charge in [-0.3, -0.25) is 0 Å². The minimum absolute atomic E-state index is 0.0422. The number of hydrogen-bond donors (Lipinski definition) is 2. The third kappa shape index (κ3) is 2.85. The Morgan fingerprint density at radius 3 is 2.50 bits per heavy atom. The molecule has 2 rings (SSSR count). The van der Waals surface area contributed by atoms with Crippen molar-refractivity contribution in [3.8, 4) is 0 Å². The van der Waals surface area contributed by atoms with Gasteiger partial charge in [-0.15, -0.1) is 0 Å². The number of para-hydroxylation sites is 1.